The minimum absolute atomic E-state index is 0.0523. The fraction of sp³-hybridized carbons (Fsp3) is 0.143. The van der Waals surface area contributed by atoms with Crippen LogP contribution < -0.4 is 4.74 Å². The molecule has 0 aliphatic heterocycles. The fourth-order valence-corrected chi connectivity index (χ4v) is 2.43. The third-order valence-electron chi connectivity index (χ3n) is 2.77. The summed E-state index contributed by atoms with van der Waals surface area (Å²) in [5, 5.41) is 11.3. The largest absolute Gasteiger partial charge is 0.489 e. The van der Waals surface area contributed by atoms with Crippen molar-refractivity contribution in [2.75, 3.05) is 0 Å². The monoisotopic (exact) mass is 355 g/mol. The number of halogens is 2. The molecule has 0 radical (unpaired) electrons. The molecule has 2 aromatic carbocycles. The van der Waals surface area contributed by atoms with Crippen LogP contribution in [0.2, 0.25) is 5.02 Å². The third-order valence-corrected chi connectivity index (χ3v) is 3.61. The Bertz CT molecular complexity index is 661. The van der Waals surface area contributed by atoms with Crippen LogP contribution in [0.25, 0.3) is 0 Å². The summed E-state index contributed by atoms with van der Waals surface area (Å²) in [4.78, 5) is 10.2. The standard InChI is InChI=1S/C14H11BrClNO3/c1-9-6-12(17(18)19)4-5-14(9)20-8-10-2-3-11(15)7-13(10)16/h2-7H,8H2,1H3. The molecule has 4 nitrogen and oxygen atoms in total. The second-order valence-electron chi connectivity index (χ2n) is 4.23. The van der Waals surface area contributed by atoms with E-state index in [-0.39, 0.29) is 5.69 Å². The Morgan fingerprint density at radius 2 is 2.05 bits per heavy atom. The van der Waals surface area contributed by atoms with Gasteiger partial charge in [-0.3, -0.25) is 10.1 Å². The third kappa shape index (κ3) is 3.49. The number of ether oxygens (including phenoxy) is 1. The van der Waals surface area contributed by atoms with Crippen molar-refractivity contribution in [3.05, 3.63) is 67.1 Å². The smallest absolute Gasteiger partial charge is 0.269 e. The van der Waals surface area contributed by atoms with Crippen molar-refractivity contribution in [3.8, 4) is 5.75 Å². The molecule has 0 saturated heterocycles. The molecule has 0 aromatic heterocycles. The zero-order valence-corrected chi connectivity index (χ0v) is 12.9. The molecular formula is C14H11BrClNO3. The lowest BCUT2D eigenvalue weighted by atomic mass is 10.2. The summed E-state index contributed by atoms with van der Waals surface area (Å²) >= 11 is 9.44. The summed E-state index contributed by atoms with van der Waals surface area (Å²) in [7, 11) is 0. The Balaban J connectivity index is 2.13. The van der Waals surface area contributed by atoms with Crippen LogP contribution in [0.3, 0.4) is 0 Å². The van der Waals surface area contributed by atoms with Crippen LogP contribution in [-0.4, -0.2) is 4.92 Å². The van der Waals surface area contributed by atoms with E-state index in [0.29, 0.717) is 22.9 Å². The normalized spacial score (nSPS) is 10.3. The van der Waals surface area contributed by atoms with Crippen molar-refractivity contribution >= 4 is 33.2 Å². The molecule has 2 aromatic rings. The van der Waals surface area contributed by atoms with Crippen LogP contribution in [0.4, 0.5) is 5.69 Å². The van der Waals surface area contributed by atoms with Crippen molar-refractivity contribution in [3.63, 3.8) is 0 Å². The van der Waals surface area contributed by atoms with Crippen LogP contribution in [0, 0.1) is 17.0 Å². The van der Waals surface area contributed by atoms with E-state index in [9.17, 15) is 10.1 Å². The summed E-state index contributed by atoms with van der Waals surface area (Å²) in [6, 6.07) is 10.0. The number of aryl methyl sites for hydroxylation is 1. The highest BCUT2D eigenvalue weighted by atomic mass is 79.9. The van der Waals surface area contributed by atoms with Gasteiger partial charge in [-0.1, -0.05) is 33.6 Å². The van der Waals surface area contributed by atoms with E-state index in [0.717, 1.165) is 10.0 Å². The first-order chi connectivity index (χ1) is 9.47. The molecule has 0 saturated carbocycles. The second-order valence-corrected chi connectivity index (χ2v) is 5.55. The zero-order chi connectivity index (χ0) is 14.7. The maximum Gasteiger partial charge on any atom is 0.269 e. The summed E-state index contributed by atoms with van der Waals surface area (Å²) in [5.74, 6) is 0.606. The highest BCUT2D eigenvalue weighted by Gasteiger charge is 2.09. The predicted octanol–water partition coefficient (Wildman–Crippen LogP) is 4.90. The minimum Gasteiger partial charge on any atom is -0.489 e. The first-order valence-corrected chi connectivity index (χ1v) is 6.96. The molecule has 20 heavy (non-hydrogen) atoms. The fourth-order valence-electron chi connectivity index (χ4n) is 1.70. The van der Waals surface area contributed by atoms with Crippen LogP contribution >= 0.6 is 27.5 Å². The van der Waals surface area contributed by atoms with Gasteiger partial charge < -0.3 is 4.74 Å². The van der Waals surface area contributed by atoms with Gasteiger partial charge in [0.2, 0.25) is 0 Å². The summed E-state index contributed by atoms with van der Waals surface area (Å²) < 4.78 is 6.56. The van der Waals surface area contributed by atoms with Gasteiger partial charge in [0, 0.05) is 27.2 Å². The maximum absolute atomic E-state index is 10.7. The first kappa shape index (κ1) is 14.8. The Kier molecular flexibility index (Phi) is 4.62. The second kappa shape index (κ2) is 6.24. The number of hydrogen-bond acceptors (Lipinski definition) is 3. The van der Waals surface area contributed by atoms with Crippen LogP contribution in [0.1, 0.15) is 11.1 Å². The van der Waals surface area contributed by atoms with Crippen molar-refractivity contribution < 1.29 is 9.66 Å². The topological polar surface area (TPSA) is 52.4 Å². The van der Waals surface area contributed by atoms with Gasteiger partial charge in [0.05, 0.1) is 4.92 Å². The molecule has 0 fully saturated rings. The SMILES string of the molecule is Cc1cc([N+](=O)[O-])ccc1OCc1ccc(Br)cc1Cl. The zero-order valence-electron chi connectivity index (χ0n) is 10.6. The van der Waals surface area contributed by atoms with E-state index in [1.165, 1.54) is 12.1 Å². The maximum atomic E-state index is 10.7. The molecule has 2 rings (SSSR count). The van der Waals surface area contributed by atoms with Crippen molar-refractivity contribution in [1.82, 2.24) is 0 Å². The van der Waals surface area contributed by atoms with Gasteiger partial charge in [0.1, 0.15) is 12.4 Å². The van der Waals surface area contributed by atoms with Gasteiger partial charge in [-0.05, 0) is 30.7 Å². The molecule has 6 heteroatoms. The van der Waals surface area contributed by atoms with Crippen molar-refractivity contribution in [2.24, 2.45) is 0 Å². The lowest BCUT2D eigenvalue weighted by Gasteiger charge is -2.10. The first-order valence-electron chi connectivity index (χ1n) is 5.79. The molecule has 104 valence electrons. The molecule has 0 N–H and O–H groups in total. The van der Waals surface area contributed by atoms with Gasteiger partial charge in [-0.25, -0.2) is 0 Å². The molecule has 0 bridgehead atoms. The van der Waals surface area contributed by atoms with Gasteiger partial charge >= 0.3 is 0 Å². The van der Waals surface area contributed by atoms with Crippen molar-refractivity contribution in [1.29, 1.82) is 0 Å². The van der Waals surface area contributed by atoms with E-state index in [4.69, 9.17) is 16.3 Å². The number of rotatable bonds is 4. The quantitative estimate of drug-likeness (QED) is 0.578. The Morgan fingerprint density at radius 1 is 1.30 bits per heavy atom. The number of nitro benzene ring substituents is 1. The molecule has 0 spiro atoms. The average Bonchev–Trinajstić information content (AvgIpc) is 2.38. The lowest BCUT2D eigenvalue weighted by molar-refractivity contribution is -0.384. The molecule has 0 amide bonds. The van der Waals surface area contributed by atoms with Crippen LogP contribution in [0.15, 0.2) is 40.9 Å². The number of nitro groups is 1. The molecular weight excluding hydrogens is 346 g/mol. The van der Waals surface area contributed by atoms with Gasteiger partial charge in [0.15, 0.2) is 0 Å². The highest BCUT2D eigenvalue weighted by molar-refractivity contribution is 9.10. The molecule has 0 atom stereocenters. The van der Waals surface area contributed by atoms with Gasteiger partial charge in [-0.2, -0.15) is 0 Å². The number of nitrogens with zero attached hydrogens (tertiary/aromatic N) is 1. The Labute approximate surface area is 129 Å². The van der Waals surface area contributed by atoms with Gasteiger partial charge in [-0.15, -0.1) is 0 Å². The number of non-ortho nitro benzene ring substituents is 1. The highest BCUT2D eigenvalue weighted by Crippen LogP contribution is 2.26. The lowest BCUT2D eigenvalue weighted by Crippen LogP contribution is -1.98. The molecule has 0 aliphatic rings. The Morgan fingerprint density at radius 3 is 2.65 bits per heavy atom. The summed E-state index contributed by atoms with van der Waals surface area (Å²) in [6.45, 7) is 2.08. The number of benzene rings is 2. The molecule has 0 heterocycles. The van der Waals surface area contributed by atoms with Crippen molar-refractivity contribution in [2.45, 2.75) is 13.5 Å². The summed E-state index contributed by atoms with van der Waals surface area (Å²) in [6.07, 6.45) is 0. The van der Waals surface area contributed by atoms with Crippen LogP contribution in [-0.2, 0) is 6.61 Å². The van der Waals surface area contributed by atoms with E-state index >= 15 is 0 Å². The molecule has 0 aliphatic carbocycles. The number of hydrogen-bond donors (Lipinski definition) is 0. The van der Waals surface area contributed by atoms with E-state index < -0.39 is 4.92 Å². The van der Waals surface area contributed by atoms with E-state index in [1.807, 2.05) is 12.1 Å². The minimum atomic E-state index is -0.428. The Hall–Kier alpha value is -1.59. The summed E-state index contributed by atoms with van der Waals surface area (Å²) in [5.41, 5.74) is 1.62. The van der Waals surface area contributed by atoms with E-state index in [1.54, 1.807) is 19.1 Å². The average molecular weight is 357 g/mol. The van der Waals surface area contributed by atoms with Gasteiger partial charge in [0.25, 0.3) is 5.69 Å². The predicted molar refractivity (Wildman–Crippen MR) is 81.3 cm³/mol. The van der Waals surface area contributed by atoms with E-state index in [2.05, 4.69) is 15.9 Å². The van der Waals surface area contributed by atoms with Crippen LogP contribution in [0.5, 0.6) is 5.75 Å². The molecule has 0 unspecified atom stereocenters.